The van der Waals surface area contributed by atoms with E-state index in [-0.39, 0.29) is 28.6 Å². The molecule has 196 valence electrons. The zero-order valence-corrected chi connectivity index (χ0v) is 21.4. The molecule has 5 rings (SSSR count). The standard InChI is InChI=1S/C24H34N6O5S/c1-17-14-19(27-24(31)21-15-22(35-28-21)18-2-3-18)6-8-30(17)36(32,33)20-4-5-23(26-16-20)25-7-9-29-10-12-34-13-11-29/h4-5,15-19H,2-3,6-14H2,1H3,(H,25,26)(H,27,31)/t17-,19-/m1/s1. The van der Waals surface area contributed by atoms with Crippen molar-refractivity contribution in [3.05, 3.63) is 35.9 Å². The van der Waals surface area contributed by atoms with Gasteiger partial charge >= 0.3 is 0 Å². The van der Waals surface area contributed by atoms with Gasteiger partial charge in [-0.05, 0) is 44.7 Å². The lowest BCUT2D eigenvalue weighted by Crippen LogP contribution is -2.50. The first-order valence-corrected chi connectivity index (χ1v) is 14.1. The second-order valence-electron chi connectivity index (χ2n) is 9.81. The van der Waals surface area contributed by atoms with Crippen molar-refractivity contribution < 1.29 is 22.5 Å². The first kappa shape index (κ1) is 25.1. The molecule has 3 fully saturated rings. The van der Waals surface area contributed by atoms with Gasteiger partial charge in [0.25, 0.3) is 5.91 Å². The highest BCUT2D eigenvalue weighted by molar-refractivity contribution is 7.89. The molecular formula is C24H34N6O5S. The molecule has 11 nitrogen and oxygen atoms in total. The largest absolute Gasteiger partial charge is 0.379 e. The molecule has 0 unspecified atom stereocenters. The van der Waals surface area contributed by atoms with E-state index in [0.29, 0.717) is 31.1 Å². The van der Waals surface area contributed by atoms with Crippen LogP contribution in [0.15, 0.2) is 33.8 Å². The molecule has 0 spiro atoms. The molecule has 0 radical (unpaired) electrons. The van der Waals surface area contributed by atoms with Crippen molar-refractivity contribution >= 4 is 21.7 Å². The Kier molecular flexibility index (Phi) is 7.56. The number of ether oxygens (including phenoxy) is 1. The van der Waals surface area contributed by atoms with Gasteiger partial charge in [0.15, 0.2) is 5.69 Å². The average Bonchev–Trinajstić information content (AvgIpc) is 3.61. The van der Waals surface area contributed by atoms with Crippen molar-refractivity contribution in [1.29, 1.82) is 0 Å². The monoisotopic (exact) mass is 518 g/mol. The fourth-order valence-electron chi connectivity index (χ4n) is 4.79. The Hall–Kier alpha value is -2.54. The van der Waals surface area contributed by atoms with Gasteiger partial charge in [-0.15, -0.1) is 0 Å². The summed E-state index contributed by atoms with van der Waals surface area (Å²) in [6, 6.07) is 4.63. The number of hydrogen-bond acceptors (Lipinski definition) is 9. The second-order valence-corrected chi connectivity index (χ2v) is 11.7. The van der Waals surface area contributed by atoms with Crippen LogP contribution in [-0.4, -0.2) is 91.7 Å². The van der Waals surface area contributed by atoms with Crippen molar-refractivity contribution in [3.8, 4) is 0 Å². The van der Waals surface area contributed by atoms with E-state index in [4.69, 9.17) is 9.26 Å². The molecule has 2 aliphatic heterocycles. The van der Waals surface area contributed by atoms with E-state index in [0.717, 1.165) is 58.0 Å². The van der Waals surface area contributed by atoms with Gasteiger partial charge in [0.2, 0.25) is 10.0 Å². The Morgan fingerprint density at radius 1 is 1.17 bits per heavy atom. The summed E-state index contributed by atoms with van der Waals surface area (Å²) in [5, 5.41) is 10.1. The summed E-state index contributed by atoms with van der Waals surface area (Å²) in [7, 11) is -3.69. The summed E-state index contributed by atoms with van der Waals surface area (Å²) < 4.78 is 38.7. The van der Waals surface area contributed by atoms with Crippen LogP contribution in [0, 0.1) is 0 Å². The number of carbonyl (C=O) groups excluding carboxylic acids is 1. The van der Waals surface area contributed by atoms with Crippen LogP contribution in [0.5, 0.6) is 0 Å². The first-order chi connectivity index (χ1) is 17.4. The van der Waals surface area contributed by atoms with Crippen LogP contribution in [0.4, 0.5) is 5.82 Å². The van der Waals surface area contributed by atoms with Crippen molar-refractivity contribution in [2.45, 2.75) is 55.5 Å². The number of nitrogens with zero attached hydrogens (tertiary/aromatic N) is 4. The third-order valence-corrected chi connectivity index (χ3v) is 9.07. The molecule has 2 N–H and O–H groups in total. The van der Waals surface area contributed by atoms with Crippen LogP contribution >= 0.6 is 0 Å². The lowest BCUT2D eigenvalue weighted by molar-refractivity contribution is 0.0398. The minimum Gasteiger partial charge on any atom is -0.379 e. The van der Waals surface area contributed by atoms with Crippen LogP contribution in [-0.2, 0) is 14.8 Å². The predicted octanol–water partition coefficient (Wildman–Crippen LogP) is 1.66. The molecule has 2 aromatic heterocycles. The van der Waals surface area contributed by atoms with Crippen LogP contribution in [0.25, 0.3) is 0 Å². The third-order valence-electron chi connectivity index (χ3n) is 7.07. The number of morpholine rings is 1. The Balaban J connectivity index is 1.12. The Morgan fingerprint density at radius 3 is 2.67 bits per heavy atom. The summed E-state index contributed by atoms with van der Waals surface area (Å²) in [5.74, 6) is 1.53. The van der Waals surface area contributed by atoms with Crippen molar-refractivity contribution in [2.24, 2.45) is 0 Å². The van der Waals surface area contributed by atoms with Gasteiger partial charge in [0.05, 0.1) is 13.2 Å². The summed E-state index contributed by atoms with van der Waals surface area (Å²) in [6.07, 6.45) is 4.61. The van der Waals surface area contributed by atoms with E-state index in [1.165, 1.54) is 10.5 Å². The maximum atomic E-state index is 13.3. The maximum absolute atomic E-state index is 13.3. The number of rotatable bonds is 9. The zero-order valence-electron chi connectivity index (χ0n) is 20.6. The minimum absolute atomic E-state index is 0.129. The number of pyridine rings is 1. The van der Waals surface area contributed by atoms with E-state index in [9.17, 15) is 13.2 Å². The van der Waals surface area contributed by atoms with E-state index < -0.39 is 10.0 Å². The number of amides is 1. The predicted molar refractivity (Wildman–Crippen MR) is 132 cm³/mol. The molecule has 12 heteroatoms. The van der Waals surface area contributed by atoms with Gasteiger partial charge in [0.1, 0.15) is 16.5 Å². The van der Waals surface area contributed by atoms with E-state index >= 15 is 0 Å². The van der Waals surface area contributed by atoms with E-state index in [1.807, 2.05) is 6.92 Å². The topological polar surface area (TPSA) is 130 Å². The van der Waals surface area contributed by atoms with Crippen LogP contribution in [0.2, 0.25) is 0 Å². The van der Waals surface area contributed by atoms with E-state index in [2.05, 4.69) is 25.7 Å². The fourth-order valence-corrected chi connectivity index (χ4v) is 6.40. The lowest BCUT2D eigenvalue weighted by Gasteiger charge is -2.36. The molecule has 36 heavy (non-hydrogen) atoms. The van der Waals surface area contributed by atoms with Gasteiger partial charge in [0, 0.05) is 63.0 Å². The number of anilines is 1. The SMILES string of the molecule is C[C@@H]1C[C@H](NC(=O)c2cc(C3CC3)on2)CCN1S(=O)(=O)c1ccc(NCCN2CCOCC2)nc1. The van der Waals surface area contributed by atoms with Crippen molar-refractivity contribution in [1.82, 2.24) is 24.7 Å². The number of piperidine rings is 1. The Morgan fingerprint density at radius 2 is 1.97 bits per heavy atom. The molecule has 1 saturated carbocycles. The van der Waals surface area contributed by atoms with Crippen LogP contribution in [0.3, 0.4) is 0 Å². The maximum Gasteiger partial charge on any atom is 0.273 e. The molecule has 2 aromatic rings. The van der Waals surface area contributed by atoms with Crippen LogP contribution < -0.4 is 10.6 Å². The normalized spacial score (nSPS) is 23.9. The molecule has 2 saturated heterocycles. The van der Waals surface area contributed by atoms with Crippen molar-refractivity contribution in [3.63, 3.8) is 0 Å². The number of aromatic nitrogens is 2. The van der Waals surface area contributed by atoms with Gasteiger partial charge in [-0.1, -0.05) is 5.16 Å². The summed E-state index contributed by atoms with van der Waals surface area (Å²) >= 11 is 0. The molecule has 1 aliphatic carbocycles. The molecule has 1 amide bonds. The quantitative estimate of drug-likeness (QED) is 0.509. The van der Waals surface area contributed by atoms with Gasteiger partial charge in [-0.25, -0.2) is 13.4 Å². The third kappa shape index (κ3) is 5.88. The average molecular weight is 519 g/mol. The molecule has 2 atom stereocenters. The van der Waals surface area contributed by atoms with Gasteiger partial charge in [-0.3, -0.25) is 9.69 Å². The van der Waals surface area contributed by atoms with Gasteiger partial charge < -0.3 is 19.9 Å². The van der Waals surface area contributed by atoms with E-state index in [1.54, 1.807) is 18.2 Å². The number of carbonyl (C=O) groups is 1. The molecule has 0 bridgehead atoms. The summed E-state index contributed by atoms with van der Waals surface area (Å²) in [4.78, 5) is 19.4. The Bertz CT molecular complexity index is 1140. The minimum atomic E-state index is -3.69. The molecule has 3 aliphatic rings. The summed E-state index contributed by atoms with van der Waals surface area (Å²) in [5.41, 5.74) is 0.282. The highest BCUT2D eigenvalue weighted by Gasteiger charge is 2.36. The number of nitrogens with one attached hydrogen (secondary N) is 2. The first-order valence-electron chi connectivity index (χ1n) is 12.7. The highest BCUT2D eigenvalue weighted by Crippen LogP contribution is 2.40. The zero-order chi connectivity index (χ0) is 25.1. The van der Waals surface area contributed by atoms with Crippen LogP contribution in [0.1, 0.15) is 54.8 Å². The summed E-state index contributed by atoms with van der Waals surface area (Å²) in [6.45, 7) is 7.16. The Labute approximate surface area is 211 Å². The second kappa shape index (κ2) is 10.8. The number of sulfonamides is 1. The van der Waals surface area contributed by atoms with Crippen molar-refractivity contribution in [2.75, 3.05) is 51.3 Å². The van der Waals surface area contributed by atoms with Gasteiger partial charge in [-0.2, -0.15) is 4.31 Å². The number of hydrogen-bond donors (Lipinski definition) is 2. The smallest absolute Gasteiger partial charge is 0.273 e. The fraction of sp³-hybridized carbons (Fsp3) is 0.625. The molecule has 0 aromatic carbocycles. The highest BCUT2D eigenvalue weighted by atomic mass is 32.2. The molecule has 4 heterocycles. The molecular weight excluding hydrogens is 484 g/mol. The lowest BCUT2D eigenvalue weighted by atomic mass is 10.0.